The fourth-order valence-electron chi connectivity index (χ4n) is 3.86. The topological polar surface area (TPSA) is 58.6 Å². The first-order valence-corrected chi connectivity index (χ1v) is 11.1. The van der Waals surface area contributed by atoms with E-state index in [1.807, 2.05) is 101 Å². The van der Waals surface area contributed by atoms with Gasteiger partial charge in [0, 0.05) is 5.69 Å². The lowest BCUT2D eigenvalue weighted by atomic mass is 10.0. The summed E-state index contributed by atoms with van der Waals surface area (Å²) in [6, 6.07) is 20.7. The van der Waals surface area contributed by atoms with Crippen molar-refractivity contribution >= 4 is 28.8 Å². The second-order valence-electron chi connectivity index (χ2n) is 8.60. The number of nitrogens with zero attached hydrogens (tertiary/aromatic N) is 1. The summed E-state index contributed by atoms with van der Waals surface area (Å²) in [7, 11) is 0. The van der Waals surface area contributed by atoms with Crippen LogP contribution in [0.5, 0.6) is 5.75 Å². The zero-order valence-electron chi connectivity index (χ0n) is 19.6. The van der Waals surface area contributed by atoms with Gasteiger partial charge in [-0.15, -0.1) is 0 Å². The fourth-order valence-corrected chi connectivity index (χ4v) is 3.86. The summed E-state index contributed by atoms with van der Waals surface area (Å²) in [4.78, 5) is 28.5. The molecule has 3 aromatic carbocycles. The van der Waals surface area contributed by atoms with Gasteiger partial charge in [0.2, 0.25) is 0 Å². The van der Waals surface area contributed by atoms with E-state index in [0.717, 1.165) is 22.4 Å². The molecule has 0 unspecified atom stereocenters. The summed E-state index contributed by atoms with van der Waals surface area (Å²) >= 11 is 0. The van der Waals surface area contributed by atoms with Crippen LogP contribution >= 0.6 is 0 Å². The Bertz CT molecular complexity index is 1240. The maximum atomic E-state index is 13.6. The van der Waals surface area contributed by atoms with Gasteiger partial charge in [0.1, 0.15) is 11.4 Å². The highest BCUT2D eigenvalue weighted by Gasteiger charge is 2.40. The second-order valence-corrected chi connectivity index (χ2v) is 8.60. The Morgan fingerprint density at radius 3 is 2.12 bits per heavy atom. The first kappa shape index (κ1) is 22.3. The molecule has 5 heteroatoms. The van der Waals surface area contributed by atoms with Gasteiger partial charge in [-0.2, -0.15) is 0 Å². The van der Waals surface area contributed by atoms with Crippen LogP contribution < -0.4 is 15.0 Å². The molecule has 33 heavy (non-hydrogen) atoms. The number of ether oxygens (including phenoxy) is 1. The molecule has 3 aromatic rings. The number of hydrogen-bond donors (Lipinski definition) is 1. The van der Waals surface area contributed by atoms with E-state index in [4.69, 9.17) is 4.74 Å². The second kappa shape index (κ2) is 8.94. The molecule has 168 valence electrons. The number of carbonyl (C=O) groups excluding carboxylic acids is 2. The van der Waals surface area contributed by atoms with Crippen molar-refractivity contribution < 1.29 is 14.3 Å². The van der Waals surface area contributed by atoms with E-state index in [2.05, 4.69) is 5.32 Å². The van der Waals surface area contributed by atoms with Crippen molar-refractivity contribution in [2.45, 2.75) is 40.7 Å². The van der Waals surface area contributed by atoms with Gasteiger partial charge in [0.15, 0.2) is 0 Å². The van der Waals surface area contributed by atoms with Crippen LogP contribution in [0.25, 0.3) is 5.57 Å². The van der Waals surface area contributed by atoms with Gasteiger partial charge in [-0.3, -0.25) is 9.59 Å². The Morgan fingerprint density at radius 2 is 1.48 bits per heavy atom. The molecule has 0 saturated carbocycles. The molecule has 0 bridgehead atoms. The highest BCUT2D eigenvalue weighted by molar-refractivity contribution is 6.46. The molecule has 1 N–H and O–H groups in total. The van der Waals surface area contributed by atoms with Crippen LogP contribution in [0.4, 0.5) is 11.4 Å². The lowest BCUT2D eigenvalue weighted by Gasteiger charge is -2.19. The summed E-state index contributed by atoms with van der Waals surface area (Å²) in [5, 5.41) is 3.21. The Kier molecular flexibility index (Phi) is 6.05. The van der Waals surface area contributed by atoms with Crippen LogP contribution in [0.1, 0.15) is 36.1 Å². The highest BCUT2D eigenvalue weighted by Crippen LogP contribution is 2.36. The minimum absolute atomic E-state index is 0.0693. The molecule has 0 radical (unpaired) electrons. The third kappa shape index (κ3) is 4.40. The first-order valence-electron chi connectivity index (χ1n) is 11.1. The number of anilines is 2. The van der Waals surface area contributed by atoms with Crippen LogP contribution in [-0.2, 0) is 9.59 Å². The smallest absolute Gasteiger partial charge is 0.282 e. The van der Waals surface area contributed by atoms with Gasteiger partial charge in [0.25, 0.3) is 11.8 Å². The SMILES string of the molecule is Cc1ccc(C2=C(Nc3ccc(OC(C)C)cc3)C(=O)N(c3cccc(C)c3C)C2=O)cc1. The fraction of sp³-hybridized carbons (Fsp3) is 0.214. The molecular weight excluding hydrogens is 412 g/mol. The molecule has 1 heterocycles. The number of hydrogen-bond acceptors (Lipinski definition) is 4. The van der Waals surface area contributed by atoms with E-state index < -0.39 is 0 Å². The predicted molar refractivity (Wildman–Crippen MR) is 132 cm³/mol. The number of benzene rings is 3. The van der Waals surface area contributed by atoms with Crippen molar-refractivity contribution in [3.05, 3.63) is 94.7 Å². The van der Waals surface area contributed by atoms with Crippen LogP contribution in [0.2, 0.25) is 0 Å². The molecule has 0 atom stereocenters. The molecule has 0 fully saturated rings. The molecule has 0 aliphatic carbocycles. The van der Waals surface area contributed by atoms with E-state index in [1.165, 1.54) is 4.90 Å². The normalized spacial score (nSPS) is 13.8. The third-order valence-corrected chi connectivity index (χ3v) is 5.74. The number of carbonyl (C=O) groups is 2. The van der Waals surface area contributed by atoms with Gasteiger partial charge >= 0.3 is 0 Å². The van der Waals surface area contributed by atoms with Crippen molar-refractivity contribution in [2.75, 3.05) is 10.2 Å². The summed E-state index contributed by atoms with van der Waals surface area (Å²) in [6.45, 7) is 9.82. The number of amides is 2. The lowest BCUT2D eigenvalue weighted by molar-refractivity contribution is -0.120. The molecule has 1 aliphatic rings. The Balaban J connectivity index is 1.77. The zero-order valence-corrected chi connectivity index (χ0v) is 19.6. The average Bonchev–Trinajstić information content (AvgIpc) is 3.01. The van der Waals surface area contributed by atoms with Crippen molar-refractivity contribution in [2.24, 2.45) is 0 Å². The average molecular weight is 441 g/mol. The van der Waals surface area contributed by atoms with Crippen LogP contribution in [0, 0.1) is 20.8 Å². The molecule has 1 aliphatic heterocycles. The number of nitrogens with one attached hydrogen (secondary N) is 1. The van der Waals surface area contributed by atoms with Crippen molar-refractivity contribution in [3.63, 3.8) is 0 Å². The molecular formula is C28H28N2O3. The van der Waals surface area contributed by atoms with E-state index in [-0.39, 0.29) is 23.6 Å². The standard InChI is InChI=1S/C28H28N2O3/c1-17(2)33-23-15-13-22(14-16-23)29-26-25(21-11-9-18(3)10-12-21)27(31)30(28(26)32)24-8-6-7-19(4)20(24)5/h6-17,29H,1-5H3. The maximum Gasteiger partial charge on any atom is 0.282 e. The maximum absolute atomic E-state index is 13.6. The molecule has 0 saturated heterocycles. The van der Waals surface area contributed by atoms with Gasteiger partial charge < -0.3 is 10.1 Å². The predicted octanol–water partition coefficient (Wildman–Crippen LogP) is 5.80. The molecule has 0 spiro atoms. The van der Waals surface area contributed by atoms with Crippen LogP contribution in [0.15, 0.2) is 72.4 Å². The Labute approximate surface area is 194 Å². The van der Waals surface area contributed by atoms with Gasteiger partial charge in [-0.25, -0.2) is 4.90 Å². The van der Waals surface area contributed by atoms with E-state index in [9.17, 15) is 9.59 Å². The zero-order chi connectivity index (χ0) is 23.7. The molecule has 2 amide bonds. The number of aryl methyl sites for hydroxylation is 2. The van der Waals surface area contributed by atoms with Gasteiger partial charge in [0.05, 0.1) is 17.4 Å². The van der Waals surface area contributed by atoms with Crippen molar-refractivity contribution in [3.8, 4) is 5.75 Å². The Hall–Kier alpha value is -3.86. The molecule has 4 rings (SSSR count). The number of rotatable bonds is 6. The number of imide groups is 1. The van der Waals surface area contributed by atoms with Gasteiger partial charge in [-0.1, -0.05) is 42.0 Å². The van der Waals surface area contributed by atoms with Gasteiger partial charge in [-0.05, 0) is 81.6 Å². The summed E-state index contributed by atoms with van der Waals surface area (Å²) in [6.07, 6.45) is 0.0693. The largest absolute Gasteiger partial charge is 0.491 e. The third-order valence-electron chi connectivity index (χ3n) is 5.74. The Morgan fingerprint density at radius 1 is 0.818 bits per heavy atom. The molecule has 5 nitrogen and oxygen atoms in total. The summed E-state index contributed by atoms with van der Waals surface area (Å²) in [5.74, 6) is 0.0423. The monoisotopic (exact) mass is 440 g/mol. The lowest BCUT2D eigenvalue weighted by Crippen LogP contribution is -2.33. The van der Waals surface area contributed by atoms with Crippen LogP contribution in [0.3, 0.4) is 0 Å². The van der Waals surface area contributed by atoms with Crippen LogP contribution in [-0.4, -0.2) is 17.9 Å². The first-order chi connectivity index (χ1) is 15.8. The van der Waals surface area contributed by atoms with E-state index >= 15 is 0 Å². The summed E-state index contributed by atoms with van der Waals surface area (Å²) in [5.41, 5.74) is 5.64. The highest BCUT2D eigenvalue weighted by atomic mass is 16.5. The minimum Gasteiger partial charge on any atom is -0.491 e. The minimum atomic E-state index is -0.369. The summed E-state index contributed by atoms with van der Waals surface area (Å²) < 4.78 is 5.71. The molecule has 0 aromatic heterocycles. The van der Waals surface area contributed by atoms with E-state index in [0.29, 0.717) is 22.5 Å². The van der Waals surface area contributed by atoms with Crippen molar-refractivity contribution in [1.82, 2.24) is 0 Å². The van der Waals surface area contributed by atoms with E-state index in [1.54, 1.807) is 0 Å². The quantitative estimate of drug-likeness (QED) is 0.493. The van der Waals surface area contributed by atoms with Crippen molar-refractivity contribution in [1.29, 1.82) is 0 Å².